The molecule has 0 saturated carbocycles. The topological polar surface area (TPSA) is 96.0 Å². The molecule has 7 nitrogen and oxygen atoms in total. The molecule has 0 aliphatic heterocycles. The standard InChI is InChI=1S/C10H13ClO7/c1-5(12)16-4-8(17-6(2)13)9(10(11)15)18-7(3)14/h8-9H,4H2,1-3H3/t8-,9+/m1/s1. The Balaban J connectivity index is 4.84. The van der Waals surface area contributed by atoms with E-state index in [4.69, 9.17) is 16.3 Å². The lowest BCUT2D eigenvalue weighted by Crippen LogP contribution is -2.42. The number of ether oxygens (including phenoxy) is 3. The highest BCUT2D eigenvalue weighted by Gasteiger charge is 2.33. The quantitative estimate of drug-likeness (QED) is 0.389. The first-order valence-electron chi connectivity index (χ1n) is 4.91. The molecule has 0 bridgehead atoms. The molecular formula is C10H13ClO7. The van der Waals surface area contributed by atoms with Gasteiger partial charge < -0.3 is 14.2 Å². The third-order valence-corrected chi connectivity index (χ3v) is 1.84. The number of rotatable bonds is 6. The molecule has 2 atom stereocenters. The van der Waals surface area contributed by atoms with Gasteiger partial charge in [0.25, 0.3) is 5.24 Å². The molecule has 0 fully saturated rings. The zero-order chi connectivity index (χ0) is 14.3. The van der Waals surface area contributed by atoms with Crippen molar-refractivity contribution in [3.8, 4) is 0 Å². The summed E-state index contributed by atoms with van der Waals surface area (Å²) in [6, 6.07) is 0. The molecule has 0 aliphatic rings. The van der Waals surface area contributed by atoms with Gasteiger partial charge in [-0.2, -0.15) is 0 Å². The Morgan fingerprint density at radius 1 is 0.944 bits per heavy atom. The smallest absolute Gasteiger partial charge is 0.303 e. The second-order valence-electron chi connectivity index (χ2n) is 3.28. The van der Waals surface area contributed by atoms with Crippen LogP contribution in [-0.2, 0) is 33.4 Å². The molecule has 0 aliphatic carbocycles. The van der Waals surface area contributed by atoms with Crippen LogP contribution in [0.5, 0.6) is 0 Å². The highest BCUT2D eigenvalue weighted by atomic mass is 35.5. The molecule has 0 spiro atoms. The summed E-state index contributed by atoms with van der Waals surface area (Å²) in [5.74, 6) is -2.16. The number of esters is 3. The molecule has 0 radical (unpaired) electrons. The first kappa shape index (κ1) is 16.4. The Hall–Kier alpha value is -1.63. The van der Waals surface area contributed by atoms with Gasteiger partial charge in [-0.1, -0.05) is 0 Å². The normalized spacial score (nSPS) is 13.1. The van der Waals surface area contributed by atoms with E-state index in [1.165, 1.54) is 0 Å². The van der Waals surface area contributed by atoms with Crippen molar-refractivity contribution in [3.63, 3.8) is 0 Å². The van der Waals surface area contributed by atoms with Gasteiger partial charge in [-0.3, -0.25) is 19.2 Å². The van der Waals surface area contributed by atoms with Crippen LogP contribution in [0.15, 0.2) is 0 Å². The maximum atomic E-state index is 11.1. The first-order valence-corrected chi connectivity index (χ1v) is 5.29. The van der Waals surface area contributed by atoms with E-state index in [1.807, 2.05) is 0 Å². The predicted molar refractivity (Wildman–Crippen MR) is 58.6 cm³/mol. The molecule has 8 heteroatoms. The van der Waals surface area contributed by atoms with Gasteiger partial charge in [0.15, 0.2) is 6.10 Å². The summed E-state index contributed by atoms with van der Waals surface area (Å²) in [5.41, 5.74) is 0. The van der Waals surface area contributed by atoms with E-state index in [0.29, 0.717) is 0 Å². The van der Waals surface area contributed by atoms with Crippen LogP contribution in [0, 0.1) is 0 Å². The van der Waals surface area contributed by atoms with E-state index >= 15 is 0 Å². The lowest BCUT2D eigenvalue weighted by Gasteiger charge is -2.22. The molecular weight excluding hydrogens is 268 g/mol. The minimum absolute atomic E-state index is 0.439. The maximum absolute atomic E-state index is 11.1. The monoisotopic (exact) mass is 280 g/mol. The van der Waals surface area contributed by atoms with E-state index in [1.54, 1.807) is 0 Å². The molecule has 102 valence electrons. The Morgan fingerprint density at radius 3 is 1.78 bits per heavy atom. The molecule has 0 N–H and O–H groups in total. The Labute approximate surface area is 108 Å². The molecule has 0 rings (SSSR count). The highest BCUT2D eigenvalue weighted by Crippen LogP contribution is 2.10. The summed E-state index contributed by atoms with van der Waals surface area (Å²) in [4.78, 5) is 43.4. The molecule has 0 aromatic carbocycles. The zero-order valence-electron chi connectivity index (χ0n) is 10.1. The van der Waals surface area contributed by atoms with Crippen LogP contribution in [0.25, 0.3) is 0 Å². The van der Waals surface area contributed by atoms with E-state index < -0.39 is 42.0 Å². The van der Waals surface area contributed by atoms with Crippen molar-refractivity contribution in [2.45, 2.75) is 33.0 Å². The van der Waals surface area contributed by atoms with E-state index in [2.05, 4.69) is 9.47 Å². The number of halogens is 1. The van der Waals surface area contributed by atoms with Crippen LogP contribution in [0.2, 0.25) is 0 Å². The average Bonchev–Trinajstić information content (AvgIpc) is 2.19. The molecule has 0 saturated heterocycles. The molecule has 0 unspecified atom stereocenters. The van der Waals surface area contributed by atoms with Gasteiger partial charge in [0.1, 0.15) is 6.61 Å². The van der Waals surface area contributed by atoms with Crippen LogP contribution in [0.4, 0.5) is 0 Å². The molecule has 0 aromatic rings. The van der Waals surface area contributed by atoms with Crippen LogP contribution < -0.4 is 0 Å². The van der Waals surface area contributed by atoms with Crippen LogP contribution in [0.3, 0.4) is 0 Å². The summed E-state index contributed by atoms with van der Waals surface area (Å²) < 4.78 is 13.9. The third-order valence-electron chi connectivity index (χ3n) is 1.62. The van der Waals surface area contributed by atoms with Crippen molar-refractivity contribution in [2.75, 3.05) is 6.61 Å². The fourth-order valence-corrected chi connectivity index (χ4v) is 1.23. The molecule has 0 amide bonds. The van der Waals surface area contributed by atoms with Gasteiger partial charge in [-0.15, -0.1) is 0 Å². The van der Waals surface area contributed by atoms with Crippen molar-refractivity contribution < 1.29 is 33.4 Å². The van der Waals surface area contributed by atoms with Gasteiger partial charge in [-0.05, 0) is 11.6 Å². The van der Waals surface area contributed by atoms with Crippen molar-refractivity contribution in [2.24, 2.45) is 0 Å². The number of hydrogen-bond donors (Lipinski definition) is 0. The van der Waals surface area contributed by atoms with Gasteiger partial charge in [0, 0.05) is 20.8 Å². The minimum Gasteiger partial charge on any atom is -0.462 e. The Morgan fingerprint density at radius 2 is 1.44 bits per heavy atom. The van der Waals surface area contributed by atoms with Crippen LogP contribution in [0.1, 0.15) is 20.8 Å². The summed E-state index contributed by atoms with van der Waals surface area (Å²) in [6.07, 6.45) is -2.80. The fraction of sp³-hybridized carbons (Fsp3) is 0.600. The van der Waals surface area contributed by atoms with Gasteiger partial charge >= 0.3 is 17.9 Å². The zero-order valence-corrected chi connectivity index (χ0v) is 10.9. The number of hydrogen-bond acceptors (Lipinski definition) is 7. The van der Waals surface area contributed by atoms with Crippen LogP contribution >= 0.6 is 11.6 Å². The summed E-state index contributed by atoms with van der Waals surface area (Å²) >= 11 is 5.23. The number of carbonyl (C=O) groups excluding carboxylic acids is 4. The Bertz CT molecular complexity index is 352. The lowest BCUT2D eigenvalue weighted by molar-refractivity contribution is -0.174. The summed E-state index contributed by atoms with van der Waals surface area (Å²) in [5, 5.41) is -1.04. The van der Waals surface area contributed by atoms with Gasteiger partial charge in [0.2, 0.25) is 6.10 Å². The number of carbonyl (C=O) groups is 4. The largest absolute Gasteiger partial charge is 0.462 e. The van der Waals surface area contributed by atoms with Gasteiger partial charge in [-0.25, -0.2) is 0 Å². The summed E-state index contributed by atoms with van der Waals surface area (Å²) in [7, 11) is 0. The minimum atomic E-state index is -1.52. The average molecular weight is 281 g/mol. The van der Waals surface area contributed by atoms with Crippen molar-refractivity contribution in [3.05, 3.63) is 0 Å². The van der Waals surface area contributed by atoms with Crippen molar-refractivity contribution >= 4 is 34.8 Å². The Kier molecular flexibility index (Phi) is 6.96. The first-order chi connectivity index (χ1) is 8.23. The lowest BCUT2D eigenvalue weighted by atomic mass is 10.2. The molecule has 0 heterocycles. The predicted octanol–water partition coefficient (Wildman–Crippen LogP) is 0.178. The van der Waals surface area contributed by atoms with E-state index in [-0.39, 0.29) is 0 Å². The summed E-state index contributed by atoms with van der Waals surface area (Å²) in [6.45, 7) is 2.84. The maximum Gasteiger partial charge on any atom is 0.303 e. The van der Waals surface area contributed by atoms with E-state index in [0.717, 1.165) is 20.8 Å². The van der Waals surface area contributed by atoms with Crippen molar-refractivity contribution in [1.82, 2.24) is 0 Å². The second-order valence-corrected chi connectivity index (χ2v) is 3.66. The van der Waals surface area contributed by atoms with E-state index in [9.17, 15) is 19.2 Å². The van der Waals surface area contributed by atoms with Gasteiger partial charge in [0.05, 0.1) is 0 Å². The van der Waals surface area contributed by atoms with Crippen LogP contribution in [-0.4, -0.2) is 42.0 Å². The third kappa shape index (κ3) is 6.85. The second kappa shape index (κ2) is 7.65. The highest BCUT2D eigenvalue weighted by molar-refractivity contribution is 6.64. The molecule has 18 heavy (non-hydrogen) atoms. The fourth-order valence-electron chi connectivity index (χ4n) is 1.04. The molecule has 0 aromatic heterocycles. The van der Waals surface area contributed by atoms with Crippen molar-refractivity contribution in [1.29, 1.82) is 0 Å². The SMILES string of the molecule is CC(=O)OC[C@@H](OC(C)=O)[C@H](OC(C)=O)C(=O)Cl.